The van der Waals surface area contributed by atoms with Crippen LogP contribution in [-0.4, -0.2) is 29.1 Å². The van der Waals surface area contributed by atoms with Gasteiger partial charge >= 0.3 is 12.1 Å². The molecule has 0 aliphatic carbocycles. The quantitative estimate of drug-likeness (QED) is 0.786. The van der Waals surface area contributed by atoms with E-state index in [0.717, 1.165) is 5.56 Å². The second-order valence-electron chi connectivity index (χ2n) is 5.83. The molecule has 1 aliphatic rings. The van der Waals surface area contributed by atoms with Crippen molar-refractivity contribution in [3.8, 4) is 0 Å². The van der Waals surface area contributed by atoms with Crippen molar-refractivity contribution in [1.29, 1.82) is 0 Å². The first-order valence-electron chi connectivity index (χ1n) is 6.78. The van der Waals surface area contributed by atoms with E-state index < -0.39 is 17.7 Å². The molecule has 0 spiro atoms. The summed E-state index contributed by atoms with van der Waals surface area (Å²) in [6, 6.07) is 9.66. The molecule has 1 heterocycles. The van der Waals surface area contributed by atoms with E-state index in [1.54, 1.807) is 20.8 Å². The summed E-state index contributed by atoms with van der Waals surface area (Å²) in [5, 5.41) is 0. The lowest BCUT2D eigenvalue weighted by atomic mass is 10.1. The molecule has 0 bridgehead atoms. The zero-order chi connectivity index (χ0) is 15.5. The third-order valence-corrected chi connectivity index (χ3v) is 2.80. The Morgan fingerprint density at radius 3 is 2.57 bits per heavy atom. The van der Waals surface area contributed by atoms with E-state index in [2.05, 4.69) is 0 Å². The van der Waals surface area contributed by atoms with Crippen LogP contribution in [0, 0.1) is 0 Å². The third-order valence-electron chi connectivity index (χ3n) is 2.80. The maximum Gasteiger partial charge on any atom is 0.415 e. The molecule has 0 N–H and O–H groups in total. The summed E-state index contributed by atoms with van der Waals surface area (Å²) < 4.78 is 10.3. The van der Waals surface area contributed by atoms with Crippen LogP contribution in [0.2, 0.25) is 0 Å². The second-order valence-corrected chi connectivity index (χ2v) is 5.83. The van der Waals surface area contributed by atoms with Crippen LogP contribution >= 0.6 is 0 Å². The molecule has 112 valence electrons. The van der Waals surface area contributed by atoms with Crippen molar-refractivity contribution in [2.24, 2.45) is 0 Å². The molecule has 5 nitrogen and oxygen atoms in total. The van der Waals surface area contributed by atoms with Gasteiger partial charge in [0.15, 0.2) is 0 Å². The topological polar surface area (TPSA) is 55.8 Å². The highest BCUT2D eigenvalue weighted by Crippen LogP contribution is 2.20. The molecule has 0 saturated heterocycles. The van der Waals surface area contributed by atoms with Crippen molar-refractivity contribution >= 4 is 12.1 Å². The zero-order valence-corrected chi connectivity index (χ0v) is 12.5. The summed E-state index contributed by atoms with van der Waals surface area (Å²) in [5.41, 5.74) is 1.02. The Bertz CT molecular complexity index is 557. The monoisotopic (exact) mass is 289 g/mol. The Labute approximate surface area is 124 Å². The van der Waals surface area contributed by atoms with E-state index >= 15 is 0 Å². The lowest BCUT2D eigenvalue weighted by molar-refractivity contribution is -0.140. The first-order valence-corrected chi connectivity index (χ1v) is 6.78. The van der Waals surface area contributed by atoms with Crippen LogP contribution < -0.4 is 0 Å². The number of amides is 1. The van der Waals surface area contributed by atoms with Gasteiger partial charge in [0.25, 0.3) is 0 Å². The minimum absolute atomic E-state index is 0.131. The lowest BCUT2D eigenvalue weighted by Gasteiger charge is -2.30. The summed E-state index contributed by atoms with van der Waals surface area (Å²) in [4.78, 5) is 25.0. The maximum absolute atomic E-state index is 12.2. The van der Waals surface area contributed by atoms with Crippen LogP contribution in [0.5, 0.6) is 0 Å². The van der Waals surface area contributed by atoms with E-state index in [-0.39, 0.29) is 6.54 Å². The van der Waals surface area contributed by atoms with Gasteiger partial charge in [0.2, 0.25) is 0 Å². The minimum Gasteiger partial charge on any atom is -0.443 e. The number of esters is 1. The molecule has 1 amide bonds. The van der Waals surface area contributed by atoms with Crippen molar-refractivity contribution in [3.05, 3.63) is 47.9 Å². The smallest absolute Gasteiger partial charge is 0.415 e. The third kappa shape index (κ3) is 4.34. The average Bonchev–Trinajstić information content (AvgIpc) is 2.40. The highest BCUT2D eigenvalue weighted by atomic mass is 16.6. The van der Waals surface area contributed by atoms with E-state index in [4.69, 9.17) is 9.47 Å². The van der Waals surface area contributed by atoms with Gasteiger partial charge < -0.3 is 9.47 Å². The van der Waals surface area contributed by atoms with E-state index in [0.29, 0.717) is 12.1 Å². The number of benzene rings is 1. The summed E-state index contributed by atoms with van der Waals surface area (Å²) in [6.45, 7) is 5.23. The Balaban J connectivity index is 2.16. The standard InChI is InChI=1S/C16H19NO4/c1-16(2,3)21-15(19)17-10-14(18)20-11-13(17)9-12-7-5-4-6-8-12/h4-8,11H,9-10H2,1-3H3. The zero-order valence-electron chi connectivity index (χ0n) is 12.5. The first-order chi connectivity index (χ1) is 9.85. The predicted octanol–water partition coefficient (Wildman–Crippen LogP) is 2.86. The Morgan fingerprint density at radius 2 is 1.95 bits per heavy atom. The summed E-state index contributed by atoms with van der Waals surface area (Å²) in [6.07, 6.45) is 1.28. The molecular weight excluding hydrogens is 270 g/mol. The van der Waals surface area contributed by atoms with Crippen LogP contribution in [0.3, 0.4) is 0 Å². The van der Waals surface area contributed by atoms with E-state index in [9.17, 15) is 9.59 Å². The summed E-state index contributed by atoms with van der Waals surface area (Å²) in [7, 11) is 0. The van der Waals surface area contributed by atoms with Gasteiger partial charge in [-0.05, 0) is 26.3 Å². The Hall–Kier alpha value is -2.30. The number of carbonyl (C=O) groups excluding carboxylic acids is 2. The SMILES string of the molecule is CC(C)(C)OC(=O)N1CC(=O)OC=C1Cc1ccccc1. The van der Waals surface area contributed by atoms with Crippen molar-refractivity contribution in [1.82, 2.24) is 4.90 Å². The Kier molecular flexibility index (Phi) is 4.31. The largest absolute Gasteiger partial charge is 0.443 e. The number of hydrogen-bond donors (Lipinski definition) is 0. The molecule has 0 atom stereocenters. The molecule has 2 rings (SSSR count). The molecule has 5 heteroatoms. The number of nitrogens with zero attached hydrogens (tertiary/aromatic N) is 1. The number of carbonyl (C=O) groups is 2. The van der Waals surface area contributed by atoms with Gasteiger partial charge in [0, 0.05) is 6.42 Å². The molecule has 0 fully saturated rings. The minimum atomic E-state index is -0.615. The van der Waals surface area contributed by atoms with Gasteiger partial charge in [-0.15, -0.1) is 0 Å². The molecular formula is C16H19NO4. The van der Waals surface area contributed by atoms with Gasteiger partial charge in [0.05, 0.1) is 5.70 Å². The van der Waals surface area contributed by atoms with Gasteiger partial charge in [-0.1, -0.05) is 30.3 Å². The summed E-state index contributed by atoms with van der Waals surface area (Å²) in [5.74, 6) is -0.474. The molecule has 0 unspecified atom stereocenters. The Morgan fingerprint density at radius 1 is 1.29 bits per heavy atom. The predicted molar refractivity (Wildman–Crippen MR) is 77.3 cm³/mol. The van der Waals surface area contributed by atoms with Gasteiger partial charge in [-0.25, -0.2) is 9.59 Å². The molecule has 1 aromatic rings. The molecule has 0 radical (unpaired) electrons. The van der Waals surface area contributed by atoms with Crippen molar-refractivity contribution < 1.29 is 19.1 Å². The van der Waals surface area contributed by atoms with Crippen molar-refractivity contribution in [2.75, 3.05) is 6.54 Å². The van der Waals surface area contributed by atoms with Crippen molar-refractivity contribution in [2.45, 2.75) is 32.8 Å². The van der Waals surface area contributed by atoms with Crippen LogP contribution in [0.25, 0.3) is 0 Å². The normalized spacial score (nSPS) is 15.3. The van der Waals surface area contributed by atoms with Crippen molar-refractivity contribution in [3.63, 3.8) is 0 Å². The van der Waals surface area contributed by atoms with Crippen LogP contribution in [0.4, 0.5) is 4.79 Å². The highest BCUT2D eigenvalue weighted by molar-refractivity contribution is 5.81. The fourth-order valence-electron chi connectivity index (χ4n) is 1.91. The van der Waals surface area contributed by atoms with Crippen LogP contribution in [-0.2, 0) is 20.7 Å². The van der Waals surface area contributed by atoms with Gasteiger partial charge in [-0.3, -0.25) is 4.90 Å². The number of allylic oxidation sites excluding steroid dienone is 1. The highest BCUT2D eigenvalue weighted by Gasteiger charge is 2.30. The maximum atomic E-state index is 12.2. The number of ether oxygens (including phenoxy) is 2. The first kappa shape index (κ1) is 15.1. The van der Waals surface area contributed by atoms with Crippen LogP contribution in [0.1, 0.15) is 26.3 Å². The molecule has 1 aliphatic heterocycles. The van der Waals surface area contributed by atoms with E-state index in [1.807, 2.05) is 30.3 Å². The average molecular weight is 289 g/mol. The molecule has 0 aromatic heterocycles. The van der Waals surface area contributed by atoms with Gasteiger partial charge in [-0.2, -0.15) is 0 Å². The number of rotatable bonds is 2. The van der Waals surface area contributed by atoms with E-state index in [1.165, 1.54) is 11.2 Å². The fourth-order valence-corrected chi connectivity index (χ4v) is 1.91. The molecule has 1 aromatic carbocycles. The number of cyclic esters (lactones) is 1. The molecule has 0 saturated carbocycles. The molecule has 21 heavy (non-hydrogen) atoms. The van der Waals surface area contributed by atoms with Crippen LogP contribution in [0.15, 0.2) is 42.3 Å². The van der Waals surface area contributed by atoms with Gasteiger partial charge in [0.1, 0.15) is 18.4 Å². The fraction of sp³-hybridized carbons (Fsp3) is 0.375. The second kappa shape index (κ2) is 5.99. The number of hydrogen-bond acceptors (Lipinski definition) is 4. The lowest BCUT2D eigenvalue weighted by Crippen LogP contribution is -2.42. The summed E-state index contributed by atoms with van der Waals surface area (Å²) >= 11 is 0.